The van der Waals surface area contributed by atoms with Gasteiger partial charge in [-0.25, -0.2) is 18.1 Å². The van der Waals surface area contributed by atoms with Gasteiger partial charge in [-0.05, 0) is 48.5 Å². The number of carbonyl (C=O) groups is 1. The van der Waals surface area contributed by atoms with E-state index in [9.17, 15) is 23.9 Å². The van der Waals surface area contributed by atoms with Crippen LogP contribution in [-0.4, -0.2) is 46.0 Å². The number of nitrogens with zero attached hydrogens (tertiary/aromatic N) is 3. The zero-order chi connectivity index (χ0) is 32.7. The molecule has 2 aromatic heterocycles. The summed E-state index contributed by atoms with van der Waals surface area (Å²) in [6, 6.07) is 13.0. The Hall–Kier alpha value is -5.56. The van der Waals surface area contributed by atoms with E-state index in [1.165, 1.54) is 44.7 Å². The van der Waals surface area contributed by atoms with Gasteiger partial charge in [-0.2, -0.15) is 0 Å². The molecule has 0 fully saturated rings. The van der Waals surface area contributed by atoms with Crippen LogP contribution in [0.3, 0.4) is 0 Å². The zero-order valence-electron chi connectivity index (χ0n) is 24.8. The molecule has 0 saturated carbocycles. The Morgan fingerprint density at radius 3 is 2.24 bits per heavy atom. The lowest BCUT2D eigenvalue weighted by Gasteiger charge is -2.14. The van der Waals surface area contributed by atoms with E-state index in [1.54, 1.807) is 18.2 Å². The molecule has 0 aliphatic rings. The van der Waals surface area contributed by atoms with Gasteiger partial charge in [0.05, 0.1) is 38.6 Å². The fourth-order valence-electron chi connectivity index (χ4n) is 4.36. The van der Waals surface area contributed by atoms with Crippen LogP contribution in [-0.2, 0) is 6.54 Å². The van der Waals surface area contributed by atoms with Crippen molar-refractivity contribution in [3.63, 3.8) is 0 Å². The fourth-order valence-corrected chi connectivity index (χ4v) is 4.36. The second kappa shape index (κ2) is 14.3. The van der Waals surface area contributed by atoms with Crippen LogP contribution in [0.5, 0.6) is 23.0 Å². The number of carbonyl (C=O) groups excluding carboxylic acids is 1. The lowest BCUT2D eigenvalue weighted by Crippen LogP contribution is -2.42. The summed E-state index contributed by atoms with van der Waals surface area (Å²) in [4.78, 5) is 43.5. The minimum absolute atomic E-state index is 0.00603. The van der Waals surface area contributed by atoms with Gasteiger partial charge < -0.3 is 24.6 Å². The Balaban J connectivity index is 0.00000226. The van der Waals surface area contributed by atoms with Crippen LogP contribution in [0, 0.1) is 11.6 Å². The SMILES string of the molecule is CC.COc1cc2nccc(Oc3ccc(NC(=O)c4cn(CCO)c(=O)n(-c5ccc(F)cc5)c4=O)cc3F)c2cc1OC. The van der Waals surface area contributed by atoms with Crippen molar-refractivity contribution >= 4 is 22.5 Å². The van der Waals surface area contributed by atoms with E-state index in [0.29, 0.717) is 27.0 Å². The number of pyridine rings is 1. The van der Waals surface area contributed by atoms with E-state index in [-0.39, 0.29) is 29.4 Å². The molecule has 1 amide bonds. The Kier molecular flexibility index (Phi) is 10.3. The molecule has 0 bridgehead atoms. The molecule has 5 aromatic rings. The van der Waals surface area contributed by atoms with Gasteiger partial charge in [-0.3, -0.25) is 19.1 Å². The average Bonchev–Trinajstić information content (AvgIpc) is 3.05. The van der Waals surface area contributed by atoms with Crippen LogP contribution < -0.4 is 30.8 Å². The second-order valence-electron chi connectivity index (χ2n) is 9.09. The van der Waals surface area contributed by atoms with Crippen molar-refractivity contribution in [3.05, 3.63) is 111 Å². The van der Waals surface area contributed by atoms with Gasteiger partial charge in [0, 0.05) is 35.6 Å². The van der Waals surface area contributed by atoms with Crippen molar-refractivity contribution in [1.29, 1.82) is 0 Å². The zero-order valence-corrected chi connectivity index (χ0v) is 24.8. The minimum atomic E-state index is -0.986. The van der Waals surface area contributed by atoms with Crippen molar-refractivity contribution in [2.45, 2.75) is 20.4 Å². The number of ether oxygens (including phenoxy) is 3. The van der Waals surface area contributed by atoms with Gasteiger partial charge >= 0.3 is 5.69 Å². The van der Waals surface area contributed by atoms with Gasteiger partial charge in [0.1, 0.15) is 17.1 Å². The molecule has 5 rings (SSSR count). The summed E-state index contributed by atoms with van der Waals surface area (Å²) < 4.78 is 46.7. The van der Waals surface area contributed by atoms with Crippen molar-refractivity contribution in [1.82, 2.24) is 14.1 Å². The lowest BCUT2D eigenvalue weighted by molar-refractivity contribution is 0.102. The highest BCUT2D eigenvalue weighted by molar-refractivity contribution is 6.04. The number of amides is 1. The van der Waals surface area contributed by atoms with E-state index in [1.807, 2.05) is 13.8 Å². The Labute approximate surface area is 255 Å². The monoisotopic (exact) mass is 620 g/mol. The molecule has 11 nitrogen and oxygen atoms in total. The summed E-state index contributed by atoms with van der Waals surface area (Å²) in [5.41, 5.74) is -1.76. The minimum Gasteiger partial charge on any atom is -0.493 e. The third kappa shape index (κ3) is 6.83. The average molecular weight is 621 g/mol. The predicted octanol–water partition coefficient (Wildman–Crippen LogP) is 4.91. The van der Waals surface area contributed by atoms with Crippen molar-refractivity contribution in [2.24, 2.45) is 0 Å². The number of aliphatic hydroxyl groups is 1. The van der Waals surface area contributed by atoms with Crippen LogP contribution in [0.4, 0.5) is 14.5 Å². The molecule has 0 aliphatic carbocycles. The number of hydrogen-bond acceptors (Lipinski definition) is 8. The van der Waals surface area contributed by atoms with E-state index in [0.717, 1.165) is 29.0 Å². The summed E-state index contributed by atoms with van der Waals surface area (Å²) in [6.45, 7) is 3.33. The highest BCUT2D eigenvalue weighted by atomic mass is 19.1. The largest absolute Gasteiger partial charge is 0.493 e. The molecule has 13 heteroatoms. The maximum atomic E-state index is 15.2. The van der Waals surface area contributed by atoms with E-state index in [2.05, 4.69) is 10.3 Å². The van der Waals surface area contributed by atoms with Gasteiger partial charge in [-0.1, -0.05) is 13.8 Å². The highest BCUT2D eigenvalue weighted by Crippen LogP contribution is 2.37. The fraction of sp³-hybridized carbons (Fsp3) is 0.188. The molecule has 0 radical (unpaired) electrons. The van der Waals surface area contributed by atoms with Crippen LogP contribution in [0.2, 0.25) is 0 Å². The molecular formula is C32H30F2N4O7. The summed E-state index contributed by atoms with van der Waals surface area (Å²) in [5.74, 6) is -1.34. The first kappa shape index (κ1) is 32.4. The molecule has 0 saturated heterocycles. The molecule has 3 aromatic carbocycles. The van der Waals surface area contributed by atoms with E-state index >= 15 is 4.39 Å². The first-order valence-corrected chi connectivity index (χ1v) is 13.8. The van der Waals surface area contributed by atoms with Crippen LogP contribution in [0.1, 0.15) is 24.2 Å². The number of rotatable bonds is 9. The number of nitrogens with one attached hydrogen (secondary N) is 1. The lowest BCUT2D eigenvalue weighted by atomic mass is 10.1. The number of benzene rings is 3. The molecule has 0 spiro atoms. The third-order valence-corrected chi connectivity index (χ3v) is 6.44. The van der Waals surface area contributed by atoms with Gasteiger partial charge in [0.15, 0.2) is 23.1 Å². The first-order valence-electron chi connectivity index (χ1n) is 13.8. The molecule has 0 aliphatic heterocycles. The smallest absolute Gasteiger partial charge is 0.335 e. The van der Waals surface area contributed by atoms with Crippen LogP contribution >= 0.6 is 0 Å². The van der Waals surface area contributed by atoms with Crippen LogP contribution in [0.15, 0.2) is 82.6 Å². The quantitative estimate of drug-likeness (QED) is 0.238. The van der Waals surface area contributed by atoms with E-state index in [4.69, 9.17) is 14.2 Å². The summed E-state index contributed by atoms with van der Waals surface area (Å²) in [7, 11) is 2.97. The third-order valence-electron chi connectivity index (χ3n) is 6.44. The molecule has 45 heavy (non-hydrogen) atoms. The summed E-state index contributed by atoms with van der Waals surface area (Å²) in [6.07, 6.45) is 2.49. The number of aliphatic hydroxyl groups excluding tert-OH is 1. The van der Waals surface area contributed by atoms with Gasteiger partial charge in [-0.15, -0.1) is 0 Å². The standard InChI is InChI=1S/C30H24F2N4O7.C2H6/c1-41-26-14-20-23(15-27(26)42-2)33-10-9-24(20)43-25-8-5-18(13-22(25)32)34-28(38)21-16-35(11-12-37)30(40)36(29(21)39)19-6-3-17(31)4-7-19;1-2/h3-10,13-16,37H,11-12H2,1-2H3,(H,34,38);1-2H3. The molecule has 0 atom stereocenters. The summed E-state index contributed by atoms with van der Waals surface area (Å²) in [5, 5.41) is 12.4. The van der Waals surface area contributed by atoms with Crippen molar-refractivity contribution < 1.29 is 32.9 Å². The summed E-state index contributed by atoms with van der Waals surface area (Å²) >= 11 is 0. The highest BCUT2D eigenvalue weighted by Gasteiger charge is 2.20. The van der Waals surface area contributed by atoms with Crippen molar-refractivity contribution in [3.8, 4) is 28.7 Å². The number of fused-ring (bicyclic) bond motifs is 1. The van der Waals surface area contributed by atoms with Crippen molar-refractivity contribution in [2.75, 3.05) is 26.1 Å². The maximum Gasteiger partial charge on any atom is 0.335 e. The number of anilines is 1. The number of halogens is 2. The van der Waals surface area contributed by atoms with Gasteiger partial charge in [0.2, 0.25) is 0 Å². The Bertz CT molecular complexity index is 1960. The first-order chi connectivity index (χ1) is 21.7. The predicted molar refractivity (Wildman–Crippen MR) is 164 cm³/mol. The number of hydrogen-bond donors (Lipinski definition) is 2. The topological polar surface area (TPSA) is 134 Å². The molecule has 234 valence electrons. The Morgan fingerprint density at radius 1 is 0.911 bits per heavy atom. The molecule has 2 N–H and O–H groups in total. The van der Waals surface area contributed by atoms with Gasteiger partial charge in [0.25, 0.3) is 11.5 Å². The second-order valence-corrected chi connectivity index (χ2v) is 9.09. The van der Waals surface area contributed by atoms with Crippen LogP contribution in [0.25, 0.3) is 16.6 Å². The molecule has 0 unspecified atom stereocenters. The van der Waals surface area contributed by atoms with E-state index < -0.39 is 41.0 Å². The Morgan fingerprint density at radius 2 is 1.60 bits per heavy atom. The maximum absolute atomic E-state index is 15.2. The molecular weight excluding hydrogens is 590 g/mol. The number of methoxy groups -OCH3 is 2. The normalized spacial score (nSPS) is 10.6. The number of aromatic nitrogens is 3. The molecule has 2 heterocycles.